The Morgan fingerprint density at radius 3 is 2.55 bits per heavy atom. The zero-order chi connectivity index (χ0) is 15.4. The highest BCUT2D eigenvalue weighted by Gasteiger charge is 2.17. The first-order valence-electron chi connectivity index (χ1n) is 7.09. The third-order valence-corrected chi connectivity index (χ3v) is 4.42. The minimum Gasteiger partial charge on any atom is -0.345 e. The number of carbonyl (C=O) groups is 1. The Bertz CT molecular complexity index is 753. The fourth-order valence-corrected chi connectivity index (χ4v) is 3.15. The molecule has 0 saturated heterocycles. The van der Waals surface area contributed by atoms with Crippen LogP contribution < -0.4 is 5.32 Å². The summed E-state index contributed by atoms with van der Waals surface area (Å²) in [5.74, 6) is -0.0434. The molecule has 0 aliphatic rings. The molecule has 0 spiro atoms. The van der Waals surface area contributed by atoms with E-state index in [9.17, 15) is 4.79 Å². The zero-order valence-electron chi connectivity index (χ0n) is 12.2. The molecule has 0 saturated carbocycles. The number of aromatic nitrogens is 1. The zero-order valence-corrected chi connectivity index (χ0v) is 13.0. The van der Waals surface area contributed by atoms with Crippen LogP contribution in [-0.2, 0) is 0 Å². The molecular formula is C18H16N2OS. The second-order valence-corrected chi connectivity index (χ2v) is 5.92. The van der Waals surface area contributed by atoms with Gasteiger partial charge in [-0.2, -0.15) is 0 Å². The van der Waals surface area contributed by atoms with E-state index in [1.54, 1.807) is 12.4 Å². The van der Waals surface area contributed by atoms with E-state index in [1.807, 2.05) is 60.8 Å². The molecule has 0 bridgehead atoms. The topological polar surface area (TPSA) is 42.0 Å². The molecule has 0 unspecified atom stereocenters. The quantitative estimate of drug-likeness (QED) is 0.780. The van der Waals surface area contributed by atoms with Crippen LogP contribution in [-0.4, -0.2) is 10.9 Å². The summed E-state index contributed by atoms with van der Waals surface area (Å²) >= 11 is 1.47. The highest BCUT2D eigenvalue weighted by atomic mass is 32.1. The van der Waals surface area contributed by atoms with Crippen molar-refractivity contribution in [2.45, 2.75) is 13.0 Å². The number of nitrogens with zero attached hydrogens (tertiary/aromatic N) is 1. The van der Waals surface area contributed by atoms with E-state index < -0.39 is 0 Å². The molecule has 2 aromatic heterocycles. The molecule has 1 N–H and O–H groups in total. The summed E-state index contributed by atoms with van der Waals surface area (Å²) in [5, 5.41) is 5.01. The molecule has 4 heteroatoms. The van der Waals surface area contributed by atoms with E-state index in [2.05, 4.69) is 10.3 Å². The summed E-state index contributed by atoms with van der Waals surface area (Å²) in [6.45, 7) is 1.98. The van der Waals surface area contributed by atoms with Gasteiger partial charge in [-0.05, 0) is 41.6 Å². The first kappa shape index (κ1) is 14.5. The van der Waals surface area contributed by atoms with E-state index >= 15 is 0 Å². The standard InChI is InChI=1S/C18H16N2OS/c1-13(14-7-10-19-11-8-14)20-18(21)17-16(9-12-22-17)15-5-3-2-4-6-15/h2-13H,1H3,(H,20,21)/t13-/m1/s1. The van der Waals surface area contributed by atoms with Crippen molar-refractivity contribution in [1.82, 2.24) is 10.3 Å². The van der Waals surface area contributed by atoms with Gasteiger partial charge in [0.05, 0.1) is 10.9 Å². The number of carbonyl (C=O) groups excluding carboxylic acids is 1. The number of rotatable bonds is 4. The number of hydrogen-bond acceptors (Lipinski definition) is 3. The van der Waals surface area contributed by atoms with Gasteiger partial charge in [0.15, 0.2) is 0 Å². The lowest BCUT2D eigenvalue weighted by Gasteiger charge is -2.14. The lowest BCUT2D eigenvalue weighted by molar-refractivity contribution is 0.0944. The molecule has 0 fully saturated rings. The van der Waals surface area contributed by atoms with Gasteiger partial charge in [0.25, 0.3) is 5.91 Å². The third-order valence-electron chi connectivity index (χ3n) is 3.51. The Morgan fingerprint density at radius 1 is 1.09 bits per heavy atom. The summed E-state index contributed by atoms with van der Waals surface area (Å²) < 4.78 is 0. The van der Waals surface area contributed by atoms with Crippen molar-refractivity contribution in [2.24, 2.45) is 0 Å². The highest BCUT2D eigenvalue weighted by molar-refractivity contribution is 7.12. The molecule has 1 amide bonds. The molecule has 3 nitrogen and oxygen atoms in total. The number of hydrogen-bond donors (Lipinski definition) is 1. The number of amides is 1. The fourth-order valence-electron chi connectivity index (χ4n) is 2.33. The minimum absolute atomic E-state index is 0.0434. The van der Waals surface area contributed by atoms with Crippen molar-refractivity contribution in [3.8, 4) is 11.1 Å². The van der Waals surface area contributed by atoms with Crippen LogP contribution in [0.4, 0.5) is 0 Å². The molecule has 110 valence electrons. The van der Waals surface area contributed by atoms with Crippen LogP contribution in [0.5, 0.6) is 0 Å². The first-order valence-corrected chi connectivity index (χ1v) is 7.97. The van der Waals surface area contributed by atoms with Crippen LogP contribution >= 0.6 is 11.3 Å². The van der Waals surface area contributed by atoms with Gasteiger partial charge in [0.2, 0.25) is 0 Å². The normalized spacial score (nSPS) is 11.9. The maximum atomic E-state index is 12.6. The summed E-state index contributed by atoms with van der Waals surface area (Å²) in [6.07, 6.45) is 3.47. The lowest BCUT2D eigenvalue weighted by atomic mass is 10.1. The van der Waals surface area contributed by atoms with Gasteiger partial charge in [-0.1, -0.05) is 30.3 Å². The van der Waals surface area contributed by atoms with Crippen molar-refractivity contribution < 1.29 is 4.79 Å². The molecule has 22 heavy (non-hydrogen) atoms. The van der Waals surface area contributed by atoms with E-state index in [4.69, 9.17) is 0 Å². The lowest BCUT2D eigenvalue weighted by Crippen LogP contribution is -2.26. The number of nitrogens with one attached hydrogen (secondary N) is 1. The van der Waals surface area contributed by atoms with Crippen molar-refractivity contribution in [3.05, 3.63) is 76.7 Å². The third kappa shape index (κ3) is 3.07. The fraction of sp³-hybridized carbons (Fsp3) is 0.111. The number of benzene rings is 1. The van der Waals surface area contributed by atoms with Gasteiger partial charge in [-0.25, -0.2) is 0 Å². The van der Waals surface area contributed by atoms with Crippen LogP contribution in [0.15, 0.2) is 66.3 Å². The Morgan fingerprint density at radius 2 is 1.82 bits per heavy atom. The molecule has 0 aliphatic carbocycles. The Hall–Kier alpha value is -2.46. The summed E-state index contributed by atoms with van der Waals surface area (Å²) in [7, 11) is 0. The monoisotopic (exact) mass is 308 g/mol. The Kier molecular flexibility index (Phi) is 4.30. The number of thiophene rings is 1. The predicted octanol–water partition coefficient (Wildman–Crippen LogP) is 4.30. The second-order valence-electron chi connectivity index (χ2n) is 5.01. The number of pyridine rings is 1. The van der Waals surface area contributed by atoms with Gasteiger partial charge in [-0.3, -0.25) is 9.78 Å². The van der Waals surface area contributed by atoms with Crippen LogP contribution in [0.3, 0.4) is 0 Å². The Labute approximate surface area is 133 Å². The molecular weight excluding hydrogens is 292 g/mol. The van der Waals surface area contributed by atoms with Gasteiger partial charge in [0, 0.05) is 18.0 Å². The molecule has 1 aromatic carbocycles. The van der Waals surface area contributed by atoms with E-state index in [-0.39, 0.29) is 11.9 Å². The molecule has 2 heterocycles. The molecule has 1 atom stereocenters. The van der Waals surface area contributed by atoms with Gasteiger partial charge in [-0.15, -0.1) is 11.3 Å². The summed E-state index contributed by atoms with van der Waals surface area (Å²) in [5.41, 5.74) is 3.08. The minimum atomic E-state index is -0.0544. The van der Waals surface area contributed by atoms with Crippen LogP contribution in [0.25, 0.3) is 11.1 Å². The first-order chi connectivity index (χ1) is 10.8. The second kappa shape index (κ2) is 6.54. The van der Waals surface area contributed by atoms with Gasteiger partial charge < -0.3 is 5.32 Å². The van der Waals surface area contributed by atoms with E-state index in [1.165, 1.54) is 11.3 Å². The average Bonchev–Trinajstić information content (AvgIpc) is 3.06. The van der Waals surface area contributed by atoms with Crippen molar-refractivity contribution in [2.75, 3.05) is 0 Å². The maximum Gasteiger partial charge on any atom is 0.262 e. The van der Waals surface area contributed by atoms with Gasteiger partial charge in [0.1, 0.15) is 0 Å². The van der Waals surface area contributed by atoms with E-state index in [0.29, 0.717) is 0 Å². The Balaban J connectivity index is 1.81. The van der Waals surface area contributed by atoms with Crippen LogP contribution in [0.1, 0.15) is 28.2 Å². The van der Waals surface area contributed by atoms with Crippen LogP contribution in [0.2, 0.25) is 0 Å². The molecule has 0 radical (unpaired) electrons. The van der Waals surface area contributed by atoms with Crippen molar-refractivity contribution in [1.29, 1.82) is 0 Å². The highest BCUT2D eigenvalue weighted by Crippen LogP contribution is 2.28. The smallest absolute Gasteiger partial charge is 0.262 e. The summed E-state index contributed by atoms with van der Waals surface area (Å²) in [6, 6.07) is 15.7. The SMILES string of the molecule is C[C@@H](NC(=O)c1sccc1-c1ccccc1)c1ccncc1. The van der Waals surface area contributed by atoms with Gasteiger partial charge >= 0.3 is 0 Å². The van der Waals surface area contributed by atoms with Crippen molar-refractivity contribution in [3.63, 3.8) is 0 Å². The largest absolute Gasteiger partial charge is 0.345 e. The van der Waals surface area contributed by atoms with E-state index in [0.717, 1.165) is 21.6 Å². The predicted molar refractivity (Wildman–Crippen MR) is 89.9 cm³/mol. The molecule has 0 aliphatic heterocycles. The average molecular weight is 308 g/mol. The van der Waals surface area contributed by atoms with Crippen LogP contribution in [0, 0.1) is 0 Å². The summed E-state index contributed by atoms with van der Waals surface area (Å²) in [4.78, 5) is 17.3. The molecule has 3 rings (SSSR count). The molecule has 3 aromatic rings. The maximum absolute atomic E-state index is 12.6. The van der Waals surface area contributed by atoms with Crippen molar-refractivity contribution >= 4 is 17.2 Å².